The highest BCUT2D eigenvalue weighted by Crippen LogP contribution is 2.33. The molecule has 0 unspecified atom stereocenters. The smallest absolute Gasteiger partial charge is 0.151 e. The predicted molar refractivity (Wildman–Crippen MR) is 120 cm³/mol. The zero-order valence-corrected chi connectivity index (χ0v) is 18.3. The van der Waals surface area contributed by atoms with Gasteiger partial charge in [-0.05, 0) is 70.9 Å². The minimum Gasteiger partial charge on any atom is -0.355 e. The summed E-state index contributed by atoms with van der Waals surface area (Å²) >= 11 is 0. The Morgan fingerprint density at radius 1 is 1.00 bits per heavy atom. The Morgan fingerprint density at radius 3 is 2.33 bits per heavy atom. The predicted octanol–water partition coefficient (Wildman–Crippen LogP) is 4.31. The molecule has 1 aliphatic heterocycles. The van der Waals surface area contributed by atoms with E-state index >= 15 is 0 Å². The Kier molecular flexibility index (Phi) is 4.95. The van der Waals surface area contributed by atoms with Crippen molar-refractivity contribution in [2.75, 3.05) is 11.9 Å². The van der Waals surface area contributed by atoms with Gasteiger partial charge in [0, 0.05) is 35.1 Å². The van der Waals surface area contributed by atoms with Crippen LogP contribution in [0.1, 0.15) is 46.2 Å². The number of benzene rings is 1. The summed E-state index contributed by atoms with van der Waals surface area (Å²) < 4.78 is 0. The highest BCUT2D eigenvalue weighted by Gasteiger charge is 2.39. The molecule has 0 saturated carbocycles. The number of piperidine rings is 1. The minimum absolute atomic E-state index is 0.0778. The average Bonchev–Trinajstić information content (AvgIpc) is 2.70. The molecule has 1 saturated heterocycles. The summed E-state index contributed by atoms with van der Waals surface area (Å²) in [4.78, 5) is 6.64. The van der Waals surface area contributed by atoms with Gasteiger partial charge in [0.25, 0.3) is 0 Å². The molecule has 0 radical (unpaired) electrons. The van der Waals surface area contributed by atoms with E-state index in [9.17, 15) is 0 Å². The lowest BCUT2D eigenvalue weighted by Crippen LogP contribution is -2.62. The molecular weight excluding hydrogens is 372 g/mol. The molecule has 30 heavy (non-hydrogen) atoms. The molecular formula is C24H28N6. The number of hydrogen-bond donors (Lipinski definition) is 1. The second kappa shape index (κ2) is 7.33. The number of rotatable bonds is 3. The molecule has 1 N–H and O–H groups in total. The Bertz CT molecular complexity index is 1090. The van der Waals surface area contributed by atoms with Gasteiger partial charge in [-0.25, -0.2) is 4.98 Å². The van der Waals surface area contributed by atoms with E-state index in [4.69, 9.17) is 5.26 Å². The van der Waals surface area contributed by atoms with Crippen LogP contribution in [0.3, 0.4) is 0 Å². The molecule has 6 heteroatoms. The Morgan fingerprint density at radius 2 is 1.70 bits per heavy atom. The SMILES string of the molecule is CN(c1ccc(-c2ccc3ccc(C#N)nc3c2)nn1)C1CC(C)(C)NC(C)(C)C1. The summed E-state index contributed by atoms with van der Waals surface area (Å²) in [5.74, 6) is 0.878. The first-order chi connectivity index (χ1) is 14.2. The standard InChI is InChI=1S/C24H28N6/c1-23(2)13-19(14-24(3,4)29-23)30(5)22-11-10-20(27-28-22)17-7-6-16-8-9-18(15-25)26-21(16)12-17/h6-12,19,29H,13-14H2,1-5H3. The van der Waals surface area contributed by atoms with E-state index in [0.29, 0.717) is 11.7 Å². The van der Waals surface area contributed by atoms with Crippen molar-refractivity contribution in [3.05, 3.63) is 48.2 Å². The molecule has 0 spiro atoms. The maximum atomic E-state index is 9.09. The van der Waals surface area contributed by atoms with Crippen LogP contribution >= 0.6 is 0 Å². The van der Waals surface area contributed by atoms with Gasteiger partial charge in [0.05, 0.1) is 11.2 Å². The topological polar surface area (TPSA) is 77.7 Å². The van der Waals surface area contributed by atoms with Crippen LogP contribution in [-0.2, 0) is 0 Å². The fourth-order valence-corrected chi connectivity index (χ4v) is 4.74. The molecule has 154 valence electrons. The maximum Gasteiger partial charge on any atom is 0.151 e. The second-order valence-electron chi connectivity index (χ2n) is 9.56. The summed E-state index contributed by atoms with van der Waals surface area (Å²) in [5, 5.41) is 22.8. The normalized spacial score (nSPS) is 18.1. The summed E-state index contributed by atoms with van der Waals surface area (Å²) in [7, 11) is 2.11. The van der Waals surface area contributed by atoms with Gasteiger partial charge in [-0.3, -0.25) is 0 Å². The molecule has 1 fully saturated rings. The third-order valence-electron chi connectivity index (χ3n) is 5.83. The highest BCUT2D eigenvalue weighted by molar-refractivity contribution is 5.84. The first kappa shape index (κ1) is 20.2. The number of nitrogens with one attached hydrogen (secondary N) is 1. The molecule has 4 rings (SSSR count). The van der Waals surface area contributed by atoms with Crippen molar-refractivity contribution in [3.8, 4) is 17.3 Å². The number of nitriles is 1. The van der Waals surface area contributed by atoms with Crippen LogP contribution in [0.25, 0.3) is 22.2 Å². The van der Waals surface area contributed by atoms with Crippen LogP contribution in [-0.4, -0.2) is 39.3 Å². The summed E-state index contributed by atoms with van der Waals surface area (Å²) in [6.07, 6.45) is 2.10. The fourth-order valence-electron chi connectivity index (χ4n) is 4.74. The lowest BCUT2D eigenvalue weighted by atomic mass is 9.79. The van der Waals surface area contributed by atoms with Gasteiger partial charge in [0.1, 0.15) is 11.8 Å². The lowest BCUT2D eigenvalue weighted by Gasteiger charge is -2.49. The zero-order valence-electron chi connectivity index (χ0n) is 18.3. The average molecular weight is 401 g/mol. The number of hydrogen-bond acceptors (Lipinski definition) is 6. The molecule has 1 aliphatic rings. The summed E-state index contributed by atoms with van der Waals surface area (Å²) in [5.41, 5.74) is 3.09. The van der Waals surface area contributed by atoms with Crippen molar-refractivity contribution in [1.82, 2.24) is 20.5 Å². The lowest BCUT2D eigenvalue weighted by molar-refractivity contribution is 0.160. The van der Waals surface area contributed by atoms with Gasteiger partial charge < -0.3 is 10.2 Å². The summed E-state index contributed by atoms with van der Waals surface area (Å²) in [6.45, 7) is 9.04. The van der Waals surface area contributed by atoms with Crippen LogP contribution in [0.4, 0.5) is 5.82 Å². The van der Waals surface area contributed by atoms with E-state index < -0.39 is 0 Å². The largest absolute Gasteiger partial charge is 0.355 e. The van der Waals surface area contributed by atoms with E-state index in [2.05, 4.69) is 66.2 Å². The molecule has 2 aromatic heterocycles. The van der Waals surface area contributed by atoms with E-state index in [1.165, 1.54) is 0 Å². The van der Waals surface area contributed by atoms with E-state index in [0.717, 1.165) is 40.8 Å². The molecule has 3 aromatic rings. The molecule has 3 heterocycles. The maximum absolute atomic E-state index is 9.09. The monoisotopic (exact) mass is 400 g/mol. The fraction of sp³-hybridized carbons (Fsp3) is 0.417. The van der Waals surface area contributed by atoms with Crippen molar-refractivity contribution >= 4 is 16.7 Å². The highest BCUT2D eigenvalue weighted by atomic mass is 15.3. The second-order valence-corrected chi connectivity index (χ2v) is 9.56. The summed E-state index contributed by atoms with van der Waals surface area (Å²) in [6, 6.07) is 16.1. The van der Waals surface area contributed by atoms with Gasteiger partial charge in [0.2, 0.25) is 0 Å². The molecule has 0 amide bonds. The Balaban J connectivity index is 1.58. The Labute approximate surface area is 178 Å². The van der Waals surface area contributed by atoms with Gasteiger partial charge in [-0.2, -0.15) is 5.26 Å². The van der Waals surface area contributed by atoms with Crippen LogP contribution < -0.4 is 10.2 Å². The third-order valence-corrected chi connectivity index (χ3v) is 5.83. The number of nitrogens with zero attached hydrogens (tertiary/aromatic N) is 5. The third kappa shape index (κ3) is 4.12. The number of pyridine rings is 1. The van der Waals surface area contributed by atoms with Crippen LogP contribution in [0.15, 0.2) is 42.5 Å². The van der Waals surface area contributed by atoms with Crippen LogP contribution in [0.2, 0.25) is 0 Å². The van der Waals surface area contributed by atoms with Gasteiger partial charge in [0.15, 0.2) is 5.82 Å². The van der Waals surface area contributed by atoms with Crippen molar-refractivity contribution < 1.29 is 0 Å². The zero-order chi connectivity index (χ0) is 21.5. The van der Waals surface area contributed by atoms with Gasteiger partial charge in [-0.1, -0.05) is 12.1 Å². The molecule has 6 nitrogen and oxygen atoms in total. The van der Waals surface area contributed by atoms with Crippen molar-refractivity contribution in [2.24, 2.45) is 0 Å². The van der Waals surface area contributed by atoms with E-state index in [1.807, 2.05) is 36.4 Å². The number of aromatic nitrogens is 3. The molecule has 1 aromatic carbocycles. The van der Waals surface area contributed by atoms with E-state index in [1.54, 1.807) is 6.07 Å². The number of anilines is 1. The molecule has 0 atom stereocenters. The molecule has 0 bridgehead atoms. The van der Waals surface area contributed by atoms with E-state index in [-0.39, 0.29) is 11.1 Å². The van der Waals surface area contributed by atoms with Crippen molar-refractivity contribution in [1.29, 1.82) is 5.26 Å². The van der Waals surface area contributed by atoms with Crippen LogP contribution in [0, 0.1) is 11.3 Å². The quantitative estimate of drug-likeness (QED) is 0.706. The van der Waals surface area contributed by atoms with Gasteiger partial charge >= 0.3 is 0 Å². The first-order valence-electron chi connectivity index (χ1n) is 10.3. The molecule has 0 aliphatic carbocycles. The first-order valence-corrected chi connectivity index (χ1v) is 10.3. The Hall–Kier alpha value is -3.04. The van der Waals surface area contributed by atoms with Gasteiger partial charge in [-0.15, -0.1) is 10.2 Å². The van der Waals surface area contributed by atoms with Crippen molar-refractivity contribution in [3.63, 3.8) is 0 Å². The van der Waals surface area contributed by atoms with Crippen molar-refractivity contribution in [2.45, 2.75) is 57.7 Å². The number of fused-ring (bicyclic) bond motifs is 1. The van der Waals surface area contributed by atoms with Crippen LogP contribution in [0.5, 0.6) is 0 Å². The minimum atomic E-state index is 0.0778.